The van der Waals surface area contributed by atoms with Crippen molar-refractivity contribution in [1.29, 1.82) is 0 Å². The number of anilines is 1. The second-order valence-corrected chi connectivity index (χ2v) is 5.62. The van der Waals surface area contributed by atoms with Crippen molar-refractivity contribution in [1.82, 2.24) is 9.80 Å². The molecule has 1 amide bonds. The summed E-state index contributed by atoms with van der Waals surface area (Å²) < 4.78 is 0. The van der Waals surface area contributed by atoms with E-state index in [1.54, 1.807) is 6.08 Å². The van der Waals surface area contributed by atoms with Crippen molar-refractivity contribution in [3.05, 3.63) is 35.9 Å². The summed E-state index contributed by atoms with van der Waals surface area (Å²) in [6.45, 7) is 3.95. The molecule has 2 heterocycles. The van der Waals surface area contributed by atoms with Crippen LogP contribution in [0.3, 0.4) is 0 Å². The molecule has 2 fully saturated rings. The average Bonchev–Trinajstić information content (AvgIpc) is 2.93. The van der Waals surface area contributed by atoms with Crippen molar-refractivity contribution in [2.45, 2.75) is 18.9 Å². The first kappa shape index (κ1) is 13.2. The van der Waals surface area contributed by atoms with E-state index in [0.29, 0.717) is 6.04 Å². The Morgan fingerprint density at radius 3 is 2.80 bits per heavy atom. The van der Waals surface area contributed by atoms with Gasteiger partial charge >= 0.3 is 0 Å². The van der Waals surface area contributed by atoms with Crippen LogP contribution in [0.5, 0.6) is 0 Å². The van der Waals surface area contributed by atoms with E-state index in [4.69, 9.17) is 5.73 Å². The van der Waals surface area contributed by atoms with Crippen molar-refractivity contribution >= 4 is 17.7 Å². The highest BCUT2D eigenvalue weighted by molar-refractivity contribution is 5.91. The van der Waals surface area contributed by atoms with Gasteiger partial charge in [0.1, 0.15) is 0 Å². The Bertz CT molecular complexity index is 509. The molecular formula is C16H21N3O. The van der Waals surface area contributed by atoms with Crippen LogP contribution >= 0.6 is 0 Å². The number of nitrogens with two attached hydrogens (primary N) is 1. The second-order valence-electron chi connectivity index (χ2n) is 5.62. The summed E-state index contributed by atoms with van der Waals surface area (Å²) >= 11 is 0. The summed E-state index contributed by atoms with van der Waals surface area (Å²) in [5.41, 5.74) is 7.39. The molecule has 0 saturated carbocycles. The fraction of sp³-hybridized carbons (Fsp3) is 0.438. The first-order valence-electron chi connectivity index (χ1n) is 7.29. The summed E-state index contributed by atoms with van der Waals surface area (Å²) in [5.74, 6) is 0.119. The van der Waals surface area contributed by atoms with Gasteiger partial charge in [0.25, 0.3) is 0 Å². The van der Waals surface area contributed by atoms with E-state index in [1.165, 1.54) is 19.4 Å². The van der Waals surface area contributed by atoms with E-state index in [9.17, 15) is 4.79 Å². The topological polar surface area (TPSA) is 49.6 Å². The fourth-order valence-electron chi connectivity index (χ4n) is 3.07. The van der Waals surface area contributed by atoms with Gasteiger partial charge in [-0.3, -0.25) is 9.69 Å². The molecule has 2 aliphatic rings. The molecule has 1 unspecified atom stereocenters. The van der Waals surface area contributed by atoms with Gasteiger partial charge in [-0.05, 0) is 43.2 Å². The van der Waals surface area contributed by atoms with Crippen molar-refractivity contribution in [3.63, 3.8) is 0 Å². The maximum Gasteiger partial charge on any atom is 0.246 e. The van der Waals surface area contributed by atoms with Gasteiger partial charge in [-0.15, -0.1) is 0 Å². The van der Waals surface area contributed by atoms with Gasteiger partial charge in [0.15, 0.2) is 0 Å². The van der Waals surface area contributed by atoms with E-state index in [2.05, 4.69) is 4.90 Å². The lowest BCUT2D eigenvalue weighted by Crippen LogP contribution is -2.51. The summed E-state index contributed by atoms with van der Waals surface area (Å²) in [4.78, 5) is 16.7. The Balaban J connectivity index is 1.60. The Morgan fingerprint density at radius 2 is 2.00 bits per heavy atom. The molecule has 0 aliphatic carbocycles. The molecule has 106 valence electrons. The number of hydrogen-bond donors (Lipinski definition) is 1. The minimum atomic E-state index is 0.119. The van der Waals surface area contributed by atoms with Crippen LogP contribution in [0.15, 0.2) is 30.3 Å². The molecular weight excluding hydrogens is 250 g/mol. The number of nitrogens with zero attached hydrogens (tertiary/aromatic N) is 2. The number of carbonyl (C=O) groups excluding carboxylic acids is 1. The van der Waals surface area contributed by atoms with Crippen molar-refractivity contribution in [2.24, 2.45) is 0 Å². The average molecular weight is 271 g/mol. The number of rotatable bonds is 2. The summed E-state index contributed by atoms with van der Waals surface area (Å²) in [6, 6.07) is 8.13. The van der Waals surface area contributed by atoms with Crippen LogP contribution in [0.4, 0.5) is 5.69 Å². The number of fused-ring (bicyclic) bond motifs is 1. The number of hydrogen-bond acceptors (Lipinski definition) is 3. The van der Waals surface area contributed by atoms with E-state index in [0.717, 1.165) is 30.9 Å². The maximum absolute atomic E-state index is 12.2. The van der Waals surface area contributed by atoms with Crippen LogP contribution < -0.4 is 5.73 Å². The van der Waals surface area contributed by atoms with Crippen LogP contribution in [-0.4, -0.2) is 47.9 Å². The minimum absolute atomic E-state index is 0.119. The van der Waals surface area contributed by atoms with Gasteiger partial charge in [0.05, 0.1) is 0 Å². The molecule has 1 atom stereocenters. The highest BCUT2D eigenvalue weighted by Gasteiger charge is 2.31. The van der Waals surface area contributed by atoms with Crippen LogP contribution in [0.25, 0.3) is 6.08 Å². The molecule has 4 nitrogen and oxygen atoms in total. The Labute approximate surface area is 119 Å². The standard InChI is InChI=1S/C16H21N3O/c17-14-6-3-13(4-7-14)5-8-16(20)19-11-10-18-9-1-2-15(18)12-19/h3-8,15H,1-2,9-12,17H2/b8-5+. The lowest BCUT2D eigenvalue weighted by molar-refractivity contribution is -0.128. The zero-order valence-electron chi connectivity index (χ0n) is 11.7. The van der Waals surface area contributed by atoms with Crippen LogP contribution in [0.1, 0.15) is 18.4 Å². The molecule has 0 radical (unpaired) electrons. The molecule has 0 spiro atoms. The zero-order chi connectivity index (χ0) is 13.9. The number of amides is 1. The van der Waals surface area contributed by atoms with Crippen LogP contribution in [-0.2, 0) is 4.79 Å². The van der Waals surface area contributed by atoms with Gasteiger partial charge in [-0.2, -0.15) is 0 Å². The zero-order valence-corrected chi connectivity index (χ0v) is 11.7. The first-order valence-corrected chi connectivity index (χ1v) is 7.29. The van der Waals surface area contributed by atoms with Crippen LogP contribution in [0, 0.1) is 0 Å². The van der Waals surface area contributed by atoms with Crippen molar-refractivity contribution < 1.29 is 4.79 Å². The summed E-state index contributed by atoms with van der Waals surface area (Å²) in [5, 5.41) is 0. The number of nitrogen functional groups attached to an aromatic ring is 1. The summed E-state index contributed by atoms with van der Waals surface area (Å²) in [7, 11) is 0. The highest BCUT2D eigenvalue weighted by atomic mass is 16.2. The number of piperazine rings is 1. The van der Waals surface area contributed by atoms with Crippen molar-refractivity contribution in [2.75, 3.05) is 31.9 Å². The van der Waals surface area contributed by atoms with E-state index in [-0.39, 0.29) is 5.91 Å². The van der Waals surface area contributed by atoms with Gasteiger partial charge in [0, 0.05) is 37.4 Å². The molecule has 2 N–H and O–H groups in total. The molecule has 1 aromatic rings. The third-order valence-corrected chi connectivity index (χ3v) is 4.25. The van der Waals surface area contributed by atoms with E-state index >= 15 is 0 Å². The SMILES string of the molecule is Nc1ccc(/C=C/C(=O)N2CCN3CCCC3C2)cc1. The smallest absolute Gasteiger partial charge is 0.246 e. The Hall–Kier alpha value is -1.81. The molecule has 0 bridgehead atoms. The Kier molecular flexibility index (Phi) is 3.74. The molecule has 20 heavy (non-hydrogen) atoms. The number of benzene rings is 1. The number of carbonyl (C=O) groups is 1. The monoisotopic (exact) mass is 271 g/mol. The molecule has 3 rings (SSSR count). The van der Waals surface area contributed by atoms with Gasteiger partial charge in [-0.25, -0.2) is 0 Å². The van der Waals surface area contributed by atoms with Gasteiger partial charge in [-0.1, -0.05) is 12.1 Å². The maximum atomic E-state index is 12.2. The van der Waals surface area contributed by atoms with Gasteiger partial charge < -0.3 is 10.6 Å². The minimum Gasteiger partial charge on any atom is -0.399 e. The Morgan fingerprint density at radius 1 is 1.20 bits per heavy atom. The van der Waals surface area contributed by atoms with E-state index < -0.39 is 0 Å². The quantitative estimate of drug-likeness (QED) is 0.656. The lowest BCUT2D eigenvalue weighted by atomic mass is 10.1. The predicted octanol–water partition coefficient (Wildman–Crippen LogP) is 1.59. The summed E-state index contributed by atoms with van der Waals surface area (Å²) in [6.07, 6.45) is 6.04. The van der Waals surface area contributed by atoms with Gasteiger partial charge in [0.2, 0.25) is 5.91 Å². The van der Waals surface area contributed by atoms with Crippen molar-refractivity contribution in [3.8, 4) is 0 Å². The lowest BCUT2D eigenvalue weighted by Gasteiger charge is -2.37. The largest absolute Gasteiger partial charge is 0.399 e. The normalized spacial score (nSPS) is 23.2. The fourth-order valence-corrected chi connectivity index (χ4v) is 3.07. The molecule has 4 heteroatoms. The third-order valence-electron chi connectivity index (χ3n) is 4.25. The second kappa shape index (κ2) is 5.67. The van der Waals surface area contributed by atoms with E-state index in [1.807, 2.05) is 35.2 Å². The molecule has 0 aromatic heterocycles. The molecule has 2 aliphatic heterocycles. The van der Waals surface area contributed by atoms with Crippen LogP contribution in [0.2, 0.25) is 0 Å². The first-order chi connectivity index (χ1) is 9.72. The molecule has 1 aromatic carbocycles. The molecule has 2 saturated heterocycles. The predicted molar refractivity (Wildman–Crippen MR) is 81.1 cm³/mol. The highest BCUT2D eigenvalue weighted by Crippen LogP contribution is 2.21. The third kappa shape index (κ3) is 2.85.